The Morgan fingerprint density at radius 3 is 2.15 bits per heavy atom. The summed E-state index contributed by atoms with van der Waals surface area (Å²) in [5.74, 6) is 0.158. The van der Waals surface area contributed by atoms with Gasteiger partial charge in [0, 0.05) is 55.3 Å². The molecular formula is C19H26BrN3O3. The van der Waals surface area contributed by atoms with E-state index in [4.69, 9.17) is 4.74 Å². The van der Waals surface area contributed by atoms with E-state index in [1.807, 2.05) is 49.9 Å². The Morgan fingerprint density at radius 1 is 1.08 bits per heavy atom. The lowest BCUT2D eigenvalue weighted by molar-refractivity contribution is -0.117. The molecule has 2 heterocycles. The van der Waals surface area contributed by atoms with Crippen LogP contribution in [-0.4, -0.2) is 60.1 Å². The van der Waals surface area contributed by atoms with Gasteiger partial charge in [-0.05, 0) is 45.0 Å². The second kappa shape index (κ2) is 7.47. The third-order valence-corrected chi connectivity index (χ3v) is 5.15. The zero-order valence-electron chi connectivity index (χ0n) is 15.6. The molecule has 0 aliphatic carbocycles. The van der Waals surface area contributed by atoms with E-state index in [1.165, 1.54) is 0 Å². The number of anilines is 2. The first kappa shape index (κ1) is 19.0. The van der Waals surface area contributed by atoms with Crippen LogP contribution in [-0.2, 0) is 9.53 Å². The summed E-state index contributed by atoms with van der Waals surface area (Å²) in [5.41, 5.74) is 1.58. The Morgan fingerprint density at radius 2 is 1.65 bits per heavy atom. The molecular weight excluding hydrogens is 398 g/mol. The Kier molecular flexibility index (Phi) is 5.46. The number of carbonyl (C=O) groups is 2. The highest BCUT2D eigenvalue weighted by molar-refractivity contribution is 9.09. The molecule has 26 heavy (non-hydrogen) atoms. The second-order valence-electron chi connectivity index (χ2n) is 7.78. The lowest BCUT2D eigenvalue weighted by Crippen LogP contribution is -2.50. The summed E-state index contributed by atoms with van der Waals surface area (Å²) in [6, 6.07) is 8.09. The Labute approximate surface area is 163 Å². The largest absolute Gasteiger partial charge is 0.444 e. The third kappa shape index (κ3) is 4.50. The topological polar surface area (TPSA) is 53.1 Å². The average molecular weight is 424 g/mol. The Balaban J connectivity index is 1.57. The summed E-state index contributed by atoms with van der Waals surface area (Å²) < 4.78 is 5.44. The quantitative estimate of drug-likeness (QED) is 0.685. The van der Waals surface area contributed by atoms with Crippen molar-refractivity contribution in [1.29, 1.82) is 0 Å². The van der Waals surface area contributed by atoms with Gasteiger partial charge in [0.25, 0.3) is 0 Å². The average Bonchev–Trinajstić information content (AvgIpc) is 2.92. The summed E-state index contributed by atoms with van der Waals surface area (Å²) in [4.78, 5) is 30.2. The van der Waals surface area contributed by atoms with E-state index < -0.39 is 5.60 Å². The minimum absolute atomic E-state index is 0.158. The van der Waals surface area contributed by atoms with E-state index in [2.05, 4.69) is 20.8 Å². The number of ether oxygens (including phenoxy) is 1. The first-order valence-electron chi connectivity index (χ1n) is 9.00. The number of halogens is 1. The molecule has 1 aromatic rings. The van der Waals surface area contributed by atoms with Gasteiger partial charge in [0.05, 0.1) is 0 Å². The molecule has 0 bridgehead atoms. The van der Waals surface area contributed by atoms with Crippen molar-refractivity contribution in [3.8, 4) is 0 Å². The number of amides is 2. The lowest BCUT2D eigenvalue weighted by Gasteiger charge is -2.36. The minimum atomic E-state index is -0.467. The standard InChI is InChI=1S/C19H26BrN3O3/c1-19(2,3)26-18(25)22-10-8-21(9-11-22)15-4-6-16(7-5-15)23-13-14(20)12-17(23)24/h4-7,14H,8-13H2,1-3H3. The van der Waals surface area contributed by atoms with E-state index in [1.54, 1.807) is 4.90 Å². The van der Waals surface area contributed by atoms with Crippen LogP contribution < -0.4 is 9.80 Å². The van der Waals surface area contributed by atoms with Crippen LogP contribution in [0.25, 0.3) is 0 Å². The zero-order chi connectivity index (χ0) is 18.9. The van der Waals surface area contributed by atoms with Crippen LogP contribution in [0.4, 0.5) is 16.2 Å². The number of hydrogen-bond donors (Lipinski definition) is 0. The van der Waals surface area contributed by atoms with Crippen molar-refractivity contribution >= 4 is 39.3 Å². The zero-order valence-corrected chi connectivity index (χ0v) is 17.2. The number of benzene rings is 1. The molecule has 2 saturated heterocycles. The number of rotatable bonds is 2. The van der Waals surface area contributed by atoms with Crippen LogP contribution in [0.15, 0.2) is 24.3 Å². The Bertz CT molecular complexity index is 664. The Hall–Kier alpha value is -1.76. The van der Waals surface area contributed by atoms with Gasteiger partial charge in [0.1, 0.15) is 5.60 Å². The highest BCUT2D eigenvalue weighted by Crippen LogP contribution is 2.27. The molecule has 142 valence electrons. The lowest BCUT2D eigenvalue weighted by atomic mass is 10.2. The van der Waals surface area contributed by atoms with E-state index in [0.29, 0.717) is 26.1 Å². The van der Waals surface area contributed by atoms with Crippen molar-refractivity contribution in [3.63, 3.8) is 0 Å². The van der Waals surface area contributed by atoms with E-state index in [0.717, 1.165) is 24.5 Å². The van der Waals surface area contributed by atoms with Crippen LogP contribution in [0.5, 0.6) is 0 Å². The maximum absolute atomic E-state index is 12.1. The molecule has 1 atom stereocenters. The van der Waals surface area contributed by atoms with Crippen molar-refractivity contribution in [2.75, 3.05) is 42.5 Å². The maximum Gasteiger partial charge on any atom is 0.410 e. The van der Waals surface area contributed by atoms with Crippen LogP contribution >= 0.6 is 15.9 Å². The maximum atomic E-state index is 12.1. The first-order chi connectivity index (χ1) is 12.2. The number of nitrogens with zero attached hydrogens (tertiary/aromatic N) is 3. The van der Waals surface area contributed by atoms with Crippen molar-refractivity contribution < 1.29 is 14.3 Å². The van der Waals surface area contributed by atoms with Crippen molar-refractivity contribution in [2.45, 2.75) is 37.6 Å². The van der Waals surface area contributed by atoms with Gasteiger partial charge in [-0.2, -0.15) is 0 Å². The second-order valence-corrected chi connectivity index (χ2v) is 9.07. The van der Waals surface area contributed by atoms with Gasteiger partial charge >= 0.3 is 6.09 Å². The monoisotopic (exact) mass is 423 g/mol. The molecule has 0 saturated carbocycles. The third-order valence-electron chi connectivity index (χ3n) is 4.54. The minimum Gasteiger partial charge on any atom is -0.444 e. The molecule has 0 aromatic heterocycles. The van der Waals surface area contributed by atoms with Gasteiger partial charge < -0.3 is 19.4 Å². The van der Waals surface area contributed by atoms with Crippen LogP contribution in [0.1, 0.15) is 27.2 Å². The van der Waals surface area contributed by atoms with Crippen molar-refractivity contribution in [3.05, 3.63) is 24.3 Å². The highest BCUT2D eigenvalue weighted by Gasteiger charge is 2.29. The number of alkyl halides is 1. The van der Waals surface area contributed by atoms with Crippen LogP contribution in [0.2, 0.25) is 0 Å². The van der Waals surface area contributed by atoms with Gasteiger partial charge in [-0.25, -0.2) is 4.79 Å². The molecule has 1 unspecified atom stereocenters. The normalized spacial score (nSPS) is 21.3. The fourth-order valence-corrected chi connectivity index (χ4v) is 3.80. The molecule has 2 amide bonds. The predicted octanol–water partition coefficient (Wildman–Crippen LogP) is 3.24. The van der Waals surface area contributed by atoms with Gasteiger partial charge in [0.15, 0.2) is 0 Å². The summed E-state index contributed by atoms with van der Waals surface area (Å²) in [5, 5.41) is 0. The molecule has 2 aliphatic heterocycles. The van der Waals surface area contributed by atoms with Gasteiger partial charge in [-0.1, -0.05) is 15.9 Å². The van der Waals surface area contributed by atoms with Gasteiger partial charge in [-0.3, -0.25) is 4.79 Å². The molecule has 2 fully saturated rings. The smallest absolute Gasteiger partial charge is 0.410 e. The van der Waals surface area contributed by atoms with Crippen molar-refractivity contribution in [2.24, 2.45) is 0 Å². The van der Waals surface area contributed by atoms with E-state index in [-0.39, 0.29) is 16.8 Å². The molecule has 7 heteroatoms. The summed E-state index contributed by atoms with van der Waals surface area (Å²) in [7, 11) is 0. The summed E-state index contributed by atoms with van der Waals surface area (Å²) in [6.45, 7) is 9.18. The molecule has 3 rings (SSSR count). The molecule has 0 spiro atoms. The van der Waals surface area contributed by atoms with Crippen LogP contribution in [0.3, 0.4) is 0 Å². The van der Waals surface area contributed by atoms with Gasteiger partial charge in [-0.15, -0.1) is 0 Å². The fraction of sp³-hybridized carbons (Fsp3) is 0.579. The summed E-state index contributed by atoms with van der Waals surface area (Å²) >= 11 is 3.52. The molecule has 6 nitrogen and oxygen atoms in total. The number of carbonyl (C=O) groups excluding carboxylic acids is 2. The predicted molar refractivity (Wildman–Crippen MR) is 106 cm³/mol. The number of piperazine rings is 1. The molecule has 0 radical (unpaired) electrons. The molecule has 1 aromatic carbocycles. The first-order valence-corrected chi connectivity index (χ1v) is 9.92. The molecule has 2 aliphatic rings. The highest BCUT2D eigenvalue weighted by atomic mass is 79.9. The summed E-state index contributed by atoms with van der Waals surface area (Å²) in [6.07, 6.45) is 0.304. The van der Waals surface area contributed by atoms with E-state index >= 15 is 0 Å². The SMILES string of the molecule is CC(C)(C)OC(=O)N1CCN(c2ccc(N3CC(Br)CC3=O)cc2)CC1. The molecule has 0 N–H and O–H groups in total. The van der Waals surface area contributed by atoms with E-state index in [9.17, 15) is 9.59 Å². The number of hydrogen-bond acceptors (Lipinski definition) is 4. The van der Waals surface area contributed by atoms with Gasteiger partial charge in [0.2, 0.25) is 5.91 Å². The van der Waals surface area contributed by atoms with Crippen LogP contribution in [0, 0.1) is 0 Å². The van der Waals surface area contributed by atoms with Crippen molar-refractivity contribution in [1.82, 2.24) is 4.90 Å². The fourth-order valence-electron chi connectivity index (χ4n) is 3.23.